The summed E-state index contributed by atoms with van der Waals surface area (Å²) in [6.07, 6.45) is 0. The Kier molecular flexibility index (Phi) is 4.46. The summed E-state index contributed by atoms with van der Waals surface area (Å²) in [6, 6.07) is 6.01. The first-order chi connectivity index (χ1) is 6.59. The van der Waals surface area contributed by atoms with Crippen LogP contribution in [0, 0.1) is 6.92 Å². The van der Waals surface area contributed by atoms with E-state index in [0.29, 0.717) is 18.1 Å². The van der Waals surface area contributed by atoms with Gasteiger partial charge in [-0.15, -0.1) is 0 Å². The highest BCUT2D eigenvalue weighted by atomic mass is 35.5. The molecule has 0 atom stereocenters. The quantitative estimate of drug-likeness (QED) is 0.834. The smallest absolute Gasteiger partial charge is 0.0453 e. The molecule has 1 aromatic rings. The van der Waals surface area contributed by atoms with Gasteiger partial charge in [0.25, 0.3) is 0 Å². The minimum absolute atomic E-state index is 0.603. The number of aryl methyl sites for hydroxylation is 1. The topological polar surface area (TPSA) is 12.0 Å². The van der Waals surface area contributed by atoms with Crippen molar-refractivity contribution >= 4 is 23.2 Å². The summed E-state index contributed by atoms with van der Waals surface area (Å²) in [5, 5.41) is 4.54. The molecule has 0 aliphatic heterocycles. The largest absolute Gasteiger partial charge is 0.308 e. The maximum Gasteiger partial charge on any atom is 0.0453 e. The molecule has 0 spiro atoms. The summed E-state index contributed by atoms with van der Waals surface area (Å²) in [5.74, 6) is 0. The van der Waals surface area contributed by atoms with Crippen LogP contribution in [0.1, 0.15) is 11.1 Å². The molecule has 0 unspecified atom stereocenters. The molecule has 0 aromatic heterocycles. The monoisotopic (exact) mass is 229 g/mol. The van der Waals surface area contributed by atoms with Crippen molar-refractivity contribution in [3.05, 3.63) is 46.0 Å². The second-order valence-corrected chi connectivity index (χ2v) is 4.16. The Bertz CT molecular complexity index is 334. The normalized spacial score (nSPS) is 10.2. The third-order valence-electron chi connectivity index (χ3n) is 1.84. The summed E-state index contributed by atoms with van der Waals surface area (Å²) < 4.78 is 0. The lowest BCUT2D eigenvalue weighted by Crippen LogP contribution is -2.14. The molecule has 0 saturated heterocycles. The van der Waals surface area contributed by atoms with Gasteiger partial charge in [-0.2, -0.15) is 0 Å². The molecule has 3 heteroatoms. The Morgan fingerprint density at radius 3 is 2.79 bits per heavy atom. The fraction of sp³-hybridized carbons (Fsp3) is 0.273. The minimum Gasteiger partial charge on any atom is -0.308 e. The lowest BCUT2D eigenvalue weighted by molar-refractivity contribution is 0.755. The molecule has 1 N–H and O–H groups in total. The van der Waals surface area contributed by atoms with E-state index in [2.05, 4.69) is 11.9 Å². The summed E-state index contributed by atoms with van der Waals surface area (Å²) in [5.41, 5.74) is 2.25. The van der Waals surface area contributed by atoms with Crippen molar-refractivity contribution in [1.29, 1.82) is 0 Å². The van der Waals surface area contributed by atoms with Crippen molar-refractivity contribution in [2.45, 2.75) is 13.5 Å². The van der Waals surface area contributed by atoms with Crippen molar-refractivity contribution in [2.24, 2.45) is 0 Å². The number of rotatable bonds is 4. The third kappa shape index (κ3) is 3.70. The summed E-state index contributed by atoms with van der Waals surface area (Å²) in [4.78, 5) is 0. The highest BCUT2D eigenvalue weighted by molar-refractivity contribution is 6.31. The average Bonchev–Trinajstić information content (AvgIpc) is 2.08. The molecular formula is C11H13Cl2N. The van der Waals surface area contributed by atoms with E-state index in [1.54, 1.807) is 0 Å². The van der Waals surface area contributed by atoms with E-state index in [-0.39, 0.29) is 0 Å². The predicted octanol–water partition coefficient (Wildman–Crippen LogP) is 3.49. The molecule has 0 bridgehead atoms. The first-order valence-electron chi connectivity index (χ1n) is 4.38. The van der Waals surface area contributed by atoms with E-state index in [9.17, 15) is 0 Å². The zero-order chi connectivity index (χ0) is 10.6. The van der Waals surface area contributed by atoms with Crippen LogP contribution in [0.2, 0.25) is 5.02 Å². The highest BCUT2D eigenvalue weighted by Crippen LogP contribution is 2.17. The zero-order valence-corrected chi connectivity index (χ0v) is 9.62. The fourth-order valence-electron chi connectivity index (χ4n) is 1.13. The number of benzene rings is 1. The van der Waals surface area contributed by atoms with E-state index in [1.807, 2.05) is 25.1 Å². The van der Waals surface area contributed by atoms with Crippen molar-refractivity contribution in [3.8, 4) is 0 Å². The zero-order valence-electron chi connectivity index (χ0n) is 8.11. The van der Waals surface area contributed by atoms with Crippen LogP contribution in [0.4, 0.5) is 0 Å². The maximum absolute atomic E-state index is 6.05. The molecule has 0 saturated carbocycles. The Labute approximate surface area is 94.7 Å². The number of hydrogen-bond acceptors (Lipinski definition) is 1. The van der Waals surface area contributed by atoms with Crippen LogP contribution in [-0.2, 0) is 6.54 Å². The van der Waals surface area contributed by atoms with Gasteiger partial charge in [-0.3, -0.25) is 0 Å². The van der Waals surface area contributed by atoms with Crippen LogP contribution in [0.5, 0.6) is 0 Å². The summed E-state index contributed by atoms with van der Waals surface area (Å²) >= 11 is 11.7. The van der Waals surface area contributed by atoms with Gasteiger partial charge in [0.1, 0.15) is 0 Å². The second kappa shape index (κ2) is 5.40. The Morgan fingerprint density at radius 2 is 2.21 bits per heavy atom. The van der Waals surface area contributed by atoms with Crippen LogP contribution in [0.25, 0.3) is 0 Å². The first-order valence-corrected chi connectivity index (χ1v) is 5.14. The van der Waals surface area contributed by atoms with Gasteiger partial charge >= 0.3 is 0 Å². The van der Waals surface area contributed by atoms with Gasteiger partial charge in [-0.25, -0.2) is 0 Å². The third-order valence-corrected chi connectivity index (χ3v) is 2.33. The van der Waals surface area contributed by atoms with Crippen LogP contribution in [-0.4, -0.2) is 6.54 Å². The van der Waals surface area contributed by atoms with Crippen molar-refractivity contribution in [3.63, 3.8) is 0 Å². The van der Waals surface area contributed by atoms with Crippen LogP contribution in [0.15, 0.2) is 29.8 Å². The van der Waals surface area contributed by atoms with Crippen molar-refractivity contribution in [2.75, 3.05) is 6.54 Å². The van der Waals surface area contributed by atoms with Gasteiger partial charge in [0.05, 0.1) is 0 Å². The molecule has 1 aromatic carbocycles. The second-order valence-electron chi connectivity index (χ2n) is 3.22. The van der Waals surface area contributed by atoms with E-state index in [1.165, 1.54) is 5.56 Å². The molecule has 1 rings (SSSR count). The number of nitrogens with one attached hydrogen (secondary N) is 1. The van der Waals surface area contributed by atoms with Gasteiger partial charge in [0.15, 0.2) is 0 Å². The Morgan fingerprint density at radius 1 is 1.50 bits per heavy atom. The number of halogens is 2. The SMILES string of the molecule is C=C(Cl)CNCc1ccc(C)cc1Cl. The summed E-state index contributed by atoms with van der Waals surface area (Å²) in [6.45, 7) is 6.93. The van der Waals surface area contributed by atoms with Crippen molar-refractivity contribution in [1.82, 2.24) is 5.32 Å². The minimum atomic E-state index is 0.603. The number of hydrogen-bond donors (Lipinski definition) is 1. The molecule has 1 nitrogen and oxygen atoms in total. The van der Waals surface area contributed by atoms with E-state index in [4.69, 9.17) is 23.2 Å². The average molecular weight is 230 g/mol. The molecule has 0 amide bonds. The van der Waals surface area contributed by atoms with E-state index in [0.717, 1.165) is 10.6 Å². The Hall–Kier alpha value is -0.500. The Balaban J connectivity index is 2.55. The molecule has 0 aliphatic carbocycles. The lowest BCUT2D eigenvalue weighted by atomic mass is 10.1. The molecule has 0 aliphatic rings. The van der Waals surface area contributed by atoms with Crippen LogP contribution in [0.3, 0.4) is 0 Å². The van der Waals surface area contributed by atoms with E-state index < -0.39 is 0 Å². The van der Waals surface area contributed by atoms with E-state index >= 15 is 0 Å². The van der Waals surface area contributed by atoms with Gasteiger partial charge < -0.3 is 5.32 Å². The van der Waals surface area contributed by atoms with Gasteiger partial charge in [0.2, 0.25) is 0 Å². The highest BCUT2D eigenvalue weighted by Gasteiger charge is 1.99. The standard InChI is InChI=1S/C11H13Cl2N/c1-8-3-4-10(11(13)5-8)7-14-6-9(2)12/h3-5,14H,2,6-7H2,1H3. The fourth-order valence-corrected chi connectivity index (χ4v) is 1.52. The molecular weight excluding hydrogens is 217 g/mol. The molecule has 0 heterocycles. The van der Waals surface area contributed by atoms with Crippen LogP contribution >= 0.6 is 23.2 Å². The van der Waals surface area contributed by atoms with Gasteiger partial charge in [0, 0.05) is 23.1 Å². The molecule has 14 heavy (non-hydrogen) atoms. The van der Waals surface area contributed by atoms with Gasteiger partial charge in [-0.05, 0) is 24.1 Å². The summed E-state index contributed by atoms with van der Waals surface area (Å²) in [7, 11) is 0. The van der Waals surface area contributed by atoms with Gasteiger partial charge in [-0.1, -0.05) is 41.9 Å². The predicted molar refractivity (Wildman–Crippen MR) is 62.9 cm³/mol. The van der Waals surface area contributed by atoms with Crippen molar-refractivity contribution < 1.29 is 0 Å². The molecule has 0 radical (unpaired) electrons. The molecule has 76 valence electrons. The first kappa shape index (κ1) is 11.6. The lowest BCUT2D eigenvalue weighted by Gasteiger charge is -2.06. The van der Waals surface area contributed by atoms with Crippen LogP contribution < -0.4 is 5.32 Å². The molecule has 0 fully saturated rings. The maximum atomic E-state index is 6.05.